The summed E-state index contributed by atoms with van der Waals surface area (Å²) in [6.45, 7) is 5.78. The second-order valence-electron chi connectivity index (χ2n) is 6.88. The van der Waals surface area contributed by atoms with Crippen molar-refractivity contribution in [3.05, 3.63) is 83.6 Å². The van der Waals surface area contributed by atoms with Crippen molar-refractivity contribution in [2.24, 2.45) is 0 Å². The van der Waals surface area contributed by atoms with Gasteiger partial charge in [-0.1, -0.05) is 32.0 Å². The minimum atomic E-state index is -0.238. The molecule has 0 unspecified atom stereocenters. The summed E-state index contributed by atoms with van der Waals surface area (Å²) in [7, 11) is 0. The number of benzene rings is 2. The summed E-state index contributed by atoms with van der Waals surface area (Å²) in [6, 6.07) is 18.3. The van der Waals surface area contributed by atoms with Gasteiger partial charge in [-0.2, -0.15) is 0 Å². The second kappa shape index (κ2) is 8.48. The number of nitrogens with one attached hydrogen (secondary N) is 2. The molecule has 0 saturated carbocycles. The molecular weight excluding hydrogens is 350 g/mol. The molecule has 0 bridgehead atoms. The minimum absolute atomic E-state index is 0.00981. The van der Waals surface area contributed by atoms with Gasteiger partial charge < -0.3 is 10.6 Å². The maximum absolute atomic E-state index is 12.6. The van der Waals surface area contributed by atoms with Gasteiger partial charge in [0, 0.05) is 28.7 Å². The predicted octanol–water partition coefficient (Wildman–Crippen LogP) is 5.40. The van der Waals surface area contributed by atoms with Crippen LogP contribution in [0.3, 0.4) is 0 Å². The zero-order valence-electron chi connectivity index (χ0n) is 16.2. The molecule has 5 nitrogen and oxygen atoms in total. The first-order valence-electron chi connectivity index (χ1n) is 9.18. The van der Waals surface area contributed by atoms with E-state index in [1.54, 1.807) is 42.6 Å². The first-order chi connectivity index (χ1) is 13.4. The lowest BCUT2D eigenvalue weighted by atomic mass is 10.0. The predicted molar refractivity (Wildman–Crippen MR) is 112 cm³/mol. The molecule has 142 valence electrons. The van der Waals surface area contributed by atoms with Crippen molar-refractivity contribution in [2.45, 2.75) is 26.7 Å². The van der Waals surface area contributed by atoms with Crippen LogP contribution in [0, 0.1) is 0 Å². The number of pyridine rings is 1. The monoisotopic (exact) mass is 373 g/mol. The Morgan fingerprint density at radius 1 is 0.929 bits per heavy atom. The normalized spacial score (nSPS) is 10.6. The summed E-state index contributed by atoms with van der Waals surface area (Å²) in [5.41, 5.74) is 3.89. The van der Waals surface area contributed by atoms with Gasteiger partial charge in [-0.3, -0.25) is 9.59 Å². The van der Waals surface area contributed by atoms with Gasteiger partial charge >= 0.3 is 0 Å². The lowest BCUT2D eigenvalue weighted by molar-refractivity contribution is 0.101. The van der Waals surface area contributed by atoms with E-state index in [4.69, 9.17) is 0 Å². The maximum Gasteiger partial charge on any atom is 0.255 e. The summed E-state index contributed by atoms with van der Waals surface area (Å²) in [6.07, 6.45) is 1.61. The van der Waals surface area contributed by atoms with E-state index < -0.39 is 0 Å². The van der Waals surface area contributed by atoms with Crippen molar-refractivity contribution in [3.63, 3.8) is 0 Å². The molecule has 28 heavy (non-hydrogen) atoms. The Morgan fingerprint density at radius 3 is 2.32 bits per heavy atom. The first kappa shape index (κ1) is 19.3. The molecule has 3 rings (SSSR count). The van der Waals surface area contributed by atoms with Crippen LogP contribution in [0.4, 0.5) is 17.2 Å². The number of hydrogen-bond acceptors (Lipinski definition) is 4. The Morgan fingerprint density at radius 2 is 1.64 bits per heavy atom. The van der Waals surface area contributed by atoms with Crippen LogP contribution in [0.25, 0.3) is 0 Å². The van der Waals surface area contributed by atoms with Gasteiger partial charge in [0.05, 0.1) is 0 Å². The number of anilines is 3. The molecule has 0 spiro atoms. The molecule has 2 N–H and O–H groups in total. The Balaban J connectivity index is 1.76. The largest absolute Gasteiger partial charge is 0.340 e. The number of Topliss-reactive ketones (excluding diaryl/α,β-unsaturated/α-hetero) is 1. The third-order valence-corrected chi connectivity index (χ3v) is 4.42. The van der Waals surface area contributed by atoms with Crippen LogP contribution in [-0.4, -0.2) is 16.7 Å². The van der Waals surface area contributed by atoms with Crippen molar-refractivity contribution in [3.8, 4) is 0 Å². The lowest BCUT2D eigenvalue weighted by Crippen LogP contribution is -2.12. The van der Waals surface area contributed by atoms with Crippen LogP contribution < -0.4 is 10.6 Å². The van der Waals surface area contributed by atoms with E-state index in [1.807, 2.05) is 18.2 Å². The molecule has 2 aromatic carbocycles. The fraction of sp³-hybridized carbons (Fsp3) is 0.174. The SMILES string of the molecule is CC(=O)c1ccc(NC(=O)c2ccnc(Nc3ccccc3C(C)C)c2)cc1. The molecule has 0 aliphatic rings. The van der Waals surface area contributed by atoms with Gasteiger partial charge in [0.1, 0.15) is 5.82 Å². The Bertz CT molecular complexity index is 995. The van der Waals surface area contributed by atoms with Crippen LogP contribution in [0.5, 0.6) is 0 Å². The molecule has 0 saturated heterocycles. The van der Waals surface area contributed by atoms with E-state index in [0.29, 0.717) is 28.6 Å². The number of para-hydroxylation sites is 1. The zero-order chi connectivity index (χ0) is 20.1. The van der Waals surface area contributed by atoms with E-state index in [-0.39, 0.29) is 11.7 Å². The highest BCUT2D eigenvalue weighted by molar-refractivity contribution is 6.05. The Kier molecular flexibility index (Phi) is 5.84. The van der Waals surface area contributed by atoms with Crippen LogP contribution in [0.1, 0.15) is 53.0 Å². The average Bonchev–Trinajstić information content (AvgIpc) is 2.69. The lowest BCUT2D eigenvalue weighted by Gasteiger charge is -2.14. The number of nitrogens with zero attached hydrogens (tertiary/aromatic N) is 1. The zero-order valence-corrected chi connectivity index (χ0v) is 16.2. The van der Waals surface area contributed by atoms with Gasteiger partial charge in [0.2, 0.25) is 0 Å². The van der Waals surface area contributed by atoms with E-state index in [2.05, 4.69) is 35.5 Å². The molecule has 0 radical (unpaired) electrons. The van der Waals surface area contributed by atoms with Crippen molar-refractivity contribution in [2.75, 3.05) is 10.6 Å². The molecule has 0 atom stereocenters. The van der Waals surface area contributed by atoms with E-state index in [0.717, 1.165) is 5.69 Å². The van der Waals surface area contributed by atoms with Crippen LogP contribution >= 0.6 is 0 Å². The van der Waals surface area contributed by atoms with E-state index in [1.165, 1.54) is 12.5 Å². The van der Waals surface area contributed by atoms with Gasteiger partial charge in [0.15, 0.2) is 5.78 Å². The molecule has 0 aliphatic heterocycles. The summed E-state index contributed by atoms with van der Waals surface area (Å²) in [5.74, 6) is 0.725. The van der Waals surface area contributed by atoms with E-state index >= 15 is 0 Å². The van der Waals surface area contributed by atoms with Crippen LogP contribution in [0.15, 0.2) is 66.9 Å². The highest BCUT2D eigenvalue weighted by Gasteiger charge is 2.10. The van der Waals surface area contributed by atoms with E-state index in [9.17, 15) is 9.59 Å². The summed E-state index contributed by atoms with van der Waals surface area (Å²) in [4.78, 5) is 28.3. The number of rotatable bonds is 6. The molecule has 5 heteroatoms. The molecular formula is C23H23N3O2. The fourth-order valence-corrected chi connectivity index (χ4v) is 2.88. The second-order valence-corrected chi connectivity index (χ2v) is 6.88. The Hall–Kier alpha value is -3.47. The van der Waals surface area contributed by atoms with Gasteiger partial charge in [0.25, 0.3) is 5.91 Å². The number of carbonyl (C=O) groups is 2. The minimum Gasteiger partial charge on any atom is -0.340 e. The van der Waals surface area contributed by atoms with Crippen molar-refractivity contribution in [1.82, 2.24) is 4.98 Å². The number of amides is 1. The number of hydrogen-bond donors (Lipinski definition) is 2. The average molecular weight is 373 g/mol. The highest BCUT2D eigenvalue weighted by atomic mass is 16.1. The third-order valence-electron chi connectivity index (χ3n) is 4.42. The quantitative estimate of drug-likeness (QED) is 0.567. The smallest absolute Gasteiger partial charge is 0.255 e. The summed E-state index contributed by atoms with van der Waals surface area (Å²) < 4.78 is 0. The van der Waals surface area contributed by atoms with Gasteiger partial charge in [-0.25, -0.2) is 4.98 Å². The fourth-order valence-electron chi connectivity index (χ4n) is 2.88. The summed E-state index contributed by atoms with van der Waals surface area (Å²) in [5, 5.41) is 6.14. The third kappa shape index (κ3) is 4.62. The molecule has 1 heterocycles. The topological polar surface area (TPSA) is 71.1 Å². The number of carbonyl (C=O) groups excluding carboxylic acids is 2. The van der Waals surface area contributed by atoms with Crippen molar-refractivity contribution < 1.29 is 9.59 Å². The van der Waals surface area contributed by atoms with Crippen LogP contribution in [-0.2, 0) is 0 Å². The molecule has 1 aromatic heterocycles. The Labute approximate surface area is 164 Å². The molecule has 0 aliphatic carbocycles. The highest BCUT2D eigenvalue weighted by Crippen LogP contribution is 2.26. The number of aromatic nitrogens is 1. The van der Waals surface area contributed by atoms with Gasteiger partial charge in [-0.05, 0) is 60.9 Å². The molecule has 3 aromatic rings. The molecule has 1 amide bonds. The van der Waals surface area contributed by atoms with Gasteiger partial charge in [-0.15, -0.1) is 0 Å². The summed E-state index contributed by atoms with van der Waals surface area (Å²) >= 11 is 0. The van der Waals surface area contributed by atoms with Crippen LogP contribution in [0.2, 0.25) is 0 Å². The van der Waals surface area contributed by atoms with Crippen molar-refractivity contribution >= 4 is 28.9 Å². The first-order valence-corrected chi connectivity index (χ1v) is 9.18. The molecule has 0 fully saturated rings. The van der Waals surface area contributed by atoms with Crippen molar-refractivity contribution in [1.29, 1.82) is 0 Å². The standard InChI is InChI=1S/C23H23N3O2/c1-15(2)20-6-4-5-7-21(20)26-22-14-18(12-13-24-22)23(28)25-19-10-8-17(9-11-19)16(3)27/h4-15H,1-3H3,(H,24,26)(H,25,28). The number of ketones is 1. The maximum atomic E-state index is 12.6.